The SMILES string of the molecule is CC#CC(CCC(=O)CC)CS(=O)(=O)O. The Balaban J connectivity index is 4.28. The predicted molar refractivity (Wildman–Crippen MR) is 57.9 cm³/mol. The van der Waals surface area contributed by atoms with E-state index in [1.165, 1.54) is 0 Å². The van der Waals surface area contributed by atoms with Gasteiger partial charge in [0.15, 0.2) is 0 Å². The molecule has 0 fully saturated rings. The van der Waals surface area contributed by atoms with Crippen LogP contribution >= 0.6 is 0 Å². The summed E-state index contributed by atoms with van der Waals surface area (Å²) in [7, 11) is -4.01. The summed E-state index contributed by atoms with van der Waals surface area (Å²) in [6.45, 7) is 3.35. The third kappa shape index (κ3) is 8.16. The van der Waals surface area contributed by atoms with Crippen molar-refractivity contribution in [1.82, 2.24) is 0 Å². The highest BCUT2D eigenvalue weighted by Gasteiger charge is 2.15. The average molecular weight is 232 g/mol. The van der Waals surface area contributed by atoms with Crippen LogP contribution in [0.15, 0.2) is 0 Å². The normalized spacial score (nSPS) is 12.7. The second-order valence-corrected chi connectivity index (χ2v) is 4.77. The summed E-state index contributed by atoms with van der Waals surface area (Å²) >= 11 is 0. The Morgan fingerprint density at radius 2 is 2.07 bits per heavy atom. The van der Waals surface area contributed by atoms with Gasteiger partial charge in [0.2, 0.25) is 0 Å². The largest absolute Gasteiger partial charge is 0.300 e. The van der Waals surface area contributed by atoms with E-state index in [-0.39, 0.29) is 5.78 Å². The zero-order valence-electron chi connectivity index (χ0n) is 8.99. The van der Waals surface area contributed by atoms with Crippen molar-refractivity contribution in [3.05, 3.63) is 0 Å². The van der Waals surface area contributed by atoms with Gasteiger partial charge in [-0.25, -0.2) is 0 Å². The van der Waals surface area contributed by atoms with Crippen LogP contribution in [0.1, 0.15) is 33.1 Å². The summed E-state index contributed by atoms with van der Waals surface area (Å²) in [5.74, 6) is 4.49. The van der Waals surface area contributed by atoms with E-state index in [1.54, 1.807) is 13.8 Å². The Hall–Kier alpha value is -0.860. The van der Waals surface area contributed by atoms with E-state index in [0.717, 1.165) is 0 Å². The number of carbonyl (C=O) groups excluding carboxylic acids is 1. The lowest BCUT2D eigenvalue weighted by molar-refractivity contribution is -0.118. The summed E-state index contributed by atoms with van der Waals surface area (Å²) in [5, 5.41) is 0. The van der Waals surface area contributed by atoms with Crippen molar-refractivity contribution in [1.29, 1.82) is 0 Å². The van der Waals surface area contributed by atoms with Crippen molar-refractivity contribution in [2.24, 2.45) is 5.92 Å². The van der Waals surface area contributed by atoms with Gasteiger partial charge in [0.1, 0.15) is 5.78 Å². The smallest absolute Gasteiger partial charge is 0.266 e. The lowest BCUT2D eigenvalue weighted by Gasteiger charge is -2.07. The van der Waals surface area contributed by atoms with E-state index >= 15 is 0 Å². The minimum absolute atomic E-state index is 0.0771. The van der Waals surface area contributed by atoms with E-state index in [1.807, 2.05) is 0 Å². The molecule has 86 valence electrons. The molecule has 4 nitrogen and oxygen atoms in total. The first-order chi connectivity index (χ1) is 6.89. The number of rotatable bonds is 6. The fraction of sp³-hybridized carbons (Fsp3) is 0.700. The van der Waals surface area contributed by atoms with Gasteiger partial charge in [0.05, 0.1) is 5.75 Å². The molecule has 0 aliphatic carbocycles. The Kier molecular flexibility index (Phi) is 6.21. The maximum Gasteiger partial charge on any atom is 0.266 e. The molecular formula is C10H16O4S. The lowest BCUT2D eigenvalue weighted by Crippen LogP contribution is -2.15. The van der Waals surface area contributed by atoms with Crippen LogP contribution in [0.25, 0.3) is 0 Å². The van der Waals surface area contributed by atoms with Crippen molar-refractivity contribution in [3.8, 4) is 11.8 Å². The average Bonchev–Trinajstić information content (AvgIpc) is 2.11. The van der Waals surface area contributed by atoms with Crippen molar-refractivity contribution in [2.45, 2.75) is 33.1 Å². The van der Waals surface area contributed by atoms with Gasteiger partial charge in [0.25, 0.3) is 10.1 Å². The van der Waals surface area contributed by atoms with Gasteiger partial charge < -0.3 is 0 Å². The molecule has 1 atom stereocenters. The highest BCUT2D eigenvalue weighted by Crippen LogP contribution is 2.09. The molecule has 5 heteroatoms. The van der Waals surface area contributed by atoms with Crippen LogP contribution in [-0.4, -0.2) is 24.5 Å². The molecule has 0 radical (unpaired) electrons. The van der Waals surface area contributed by atoms with Crippen molar-refractivity contribution in [2.75, 3.05) is 5.75 Å². The number of hydrogen-bond donors (Lipinski definition) is 1. The zero-order valence-corrected chi connectivity index (χ0v) is 9.80. The van der Waals surface area contributed by atoms with Crippen molar-refractivity contribution in [3.63, 3.8) is 0 Å². The minimum Gasteiger partial charge on any atom is -0.300 e. The molecule has 1 unspecified atom stereocenters. The van der Waals surface area contributed by atoms with Gasteiger partial charge in [0, 0.05) is 18.8 Å². The molecule has 0 amide bonds. The van der Waals surface area contributed by atoms with Crippen LogP contribution in [0.2, 0.25) is 0 Å². The Morgan fingerprint density at radius 1 is 1.47 bits per heavy atom. The second kappa shape index (κ2) is 6.59. The summed E-state index contributed by atoms with van der Waals surface area (Å²) in [6.07, 6.45) is 1.14. The van der Waals surface area contributed by atoms with Crippen LogP contribution in [0.3, 0.4) is 0 Å². The second-order valence-electron chi connectivity index (χ2n) is 3.27. The number of carbonyl (C=O) groups is 1. The molecule has 0 aromatic heterocycles. The van der Waals surface area contributed by atoms with E-state index in [2.05, 4.69) is 11.8 Å². The zero-order chi connectivity index (χ0) is 11.9. The maximum absolute atomic E-state index is 11.0. The first-order valence-electron chi connectivity index (χ1n) is 4.78. The van der Waals surface area contributed by atoms with Gasteiger partial charge in [-0.15, -0.1) is 5.92 Å². The first kappa shape index (κ1) is 14.1. The van der Waals surface area contributed by atoms with Crippen LogP contribution in [0, 0.1) is 17.8 Å². The van der Waals surface area contributed by atoms with E-state index in [9.17, 15) is 13.2 Å². The molecule has 1 N–H and O–H groups in total. The maximum atomic E-state index is 11.0. The van der Waals surface area contributed by atoms with E-state index in [0.29, 0.717) is 19.3 Å². The molecule has 0 spiro atoms. The molecule has 0 saturated carbocycles. The minimum atomic E-state index is -4.01. The van der Waals surface area contributed by atoms with Crippen LogP contribution in [0.5, 0.6) is 0 Å². The third-order valence-electron chi connectivity index (χ3n) is 1.93. The lowest BCUT2D eigenvalue weighted by atomic mass is 10.0. The fourth-order valence-corrected chi connectivity index (χ4v) is 1.93. The molecule has 15 heavy (non-hydrogen) atoms. The topological polar surface area (TPSA) is 71.4 Å². The highest BCUT2D eigenvalue weighted by molar-refractivity contribution is 7.85. The Labute approximate surface area is 90.8 Å². The summed E-state index contributed by atoms with van der Waals surface area (Å²) in [4.78, 5) is 11.0. The van der Waals surface area contributed by atoms with Crippen LogP contribution in [0.4, 0.5) is 0 Å². The van der Waals surface area contributed by atoms with E-state index in [4.69, 9.17) is 4.55 Å². The molecule has 0 saturated heterocycles. The Bertz CT molecular complexity index is 359. The summed E-state index contributed by atoms with van der Waals surface area (Å²) in [5.41, 5.74) is 0. The van der Waals surface area contributed by atoms with Gasteiger partial charge >= 0.3 is 0 Å². The number of ketones is 1. The van der Waals surface area contributed by atoms with Crippen LogP contribution < -0.4 is 0 Å². The summed E-state index contributed by atoms with van der Waals surface area (Å²) in [6, 6.07) is 0. The first-order valence-corrected chi connectivity index (χ1v) is 6.39. The Morgan fingerprint density at radius 3 is 2.47 bits per heavy atom. The molecule has 0 heterocycles. The third-order valence-corrected chi connectivity index (χ3v) is 2.75. The van der Waals surface area contributed by atoms with Gasteiger partial charge in [-0.1, -0.05) is 12.8 Å². The van der Waals surface area contributed by atoms with Gasteiger partial charge in [-0.2, -0.15) is 8.42 Å². The molecule has 0 aliphatic heterocycles. The van der Waals surface area contributed by atoms with Gasteiger partial charge in [-0.3, -0.25) is 9.35 Å². The highest BCUT2D eigenvalue weighted by atomic mass is 32.2. The van der Waals surface area contributed by atoms with Gasteiger partial charge in [-0.05, 0) is 13.3 Å². The fourth-order valence-electron chi connectivity index (χ4n) is 1.17. The van der Waals surface area contributed by atoms with Crippen molar-refractivity contribution >= 4 is 15.9 Å². The van der Waals surface area contributed by atoms with Crippen molar-refractivity contribution < 1.29 is 17.8 Å². The molecule has 0 rings (SSSR count). The standard InChI is InChI=1S/C10H16O4S/c1-3-5-9(8-15(12,13)14)6-7-10(11)4-2/h9H,4,6-8H2,1-2H3,(H,12,13,14). The molecule has 0 aromatic carbocycles. The monoisotopic (exact) mass is 232 g/mol. The number of Topliss-reactive ketones (excluding diaryl/α,β-unsaturated/α-hetero) is 1. The van der Waals surface area contributed by atoms with E-state index < -0.39 is 21.8 Å². The quantitative estimate of drug-likeness (QED) is 0.553. The molecule has 0 aliphatic rings. The summed E-state index contributed by atoms with van der Waals surface area (Å²) < 4.78 is 29.9. The number of hydrogen-bond acceptors (Lipinski definition) is 3. The molecular weight excluding hydrogens is 216 g/mol. The van der Waals surface area contributed by atoms with Crippen LogP contribution in [-0.2, 0) is 14.9 Å². The molecule has 0 aromatic rings. The molecule has 0 bridgehead atoms. The predicted octanol–water partition coefficient (Wildman–Crippen LogP) is 1.27.